The third-order valence-electron chi connectivity index (χ3n) is 4.69. The van der Waals surface area contributed by atoms with Crippen molar-refractivity contribution >= 4 is 0 Å². The van der Waals surface area contributed by atoms with Gasteiger partial charge < -0.3 is 15.7 Å². The topological polar surface area (TPSA) is 44.3 Å². The average molecular weight is 254 g/mol. The van der Waals surface area contributed by atoms with E-state index in [0.29, 0.717) is 30.7 Å². The third-order valence-corrected chi connectivity index (χ3v) is 4.69. The van der Waals surface area contributed by atoms with Crippen LogP contribution in [0.2, 0.25) is 0 Å². The zero-order valence-corrected chi connectivity index (χ0v) is 11.8. The van der Waals surface area contributed by atoms with Gasteiger partial charge in [-0.15, -0.1) is 0 Å². The highest BCUT2D eigenvalue weighted by atomic mass is 16.3. The molecular weight excluding hydrogens is 224 g/mol. The molecule has 1 heterocycles. The van der Waals surface area contributed by atoms with E-state index in [1.54, 1.807) is 0 Å². The summed E-state index contributed by atoms with van der Waals surface area (Å²) in [5, 5.41) is 16.8. The molecule has 2 fully saturated rings. The van der Waals surface area contributed by atoms with E-state index in [0.717, 1.165) is 0 Å². The van der Waals surface area contributed by atoms with Crippen LogP contribution in [0.3, 0.4) is 0 Å². The number of rotatable bonds is 5. The summed E-state index contributed by atoms with van der Waals surface area (Å²) in [4.78, 5) is 0. The van der Waals surface area contributed by atoms with Crippen LogP contribution in [0.5, 0.6) is 0 Å². The maximum atomic E-state index is 9.36. The summed E-state index contributed by atoms with van der Waals surface area (Å²) in [5.41, 5.74) is 0. The van der Waals surface area contributed by atoms with Gasteiger partial charge in [0.05, 0.1) is 0 Å². The maximum Gasteiger partial charge on any atom is 0.0474 e. The summed E-state index contributed by atoms with van der Waals surface area (Å²) in [6, 6.07) is 1.82. The Labute approximate surface area is 112 Å². The molecule has 1 saturated carbocycles. The third kappa shape index (κ3) is 4.22. The van der Waals surface area contributed by atoms with Gasteiger partial charge in [-0.2, -0.15) is 0 Å². The van der Waals surface area contributed by atoms with Crippen LogP contribution in [0.4, 0.5) is 0 Å². The molecule has 3 N–H and O–H groups in total. The summed E-state index contributed by atoms with van der Waals surface area (Å²) in [6.07, 6.45) is 10.4. The fraction of sp³-hybridized carbons (Fsp3) is 1.00. The normalized spacial score (nSPS) is 35.3. The van der Waals surface area contributed by atoms with E-state index in [1.165, 1.54) is 57.9 Å². The molecule has 18 heavy (non-hydrogen) atoms. The molecule has 0 aromatic carbocycles. The number of aliphatic hydroxyl groups is 1. The molecule has 1 aliphatic carbocycles. The number of nitrogens with one attached hydrogen (secondary N) is 2. The quantitative estimate of drug-likeness (QED) is 0.703. The Morgan fingerprint density at radius 3 is 2.89 bits per heavy atom. The predicted octanol–water partition coefficient (Wildman–Crippen LogP) is 2.05. The van der Waals surface area contributed by atoms with Crippen LogP contribution in [-0.2, 0) is 0 Å². The highest BCUT2D eigenvalue weighted by Gasteiger charge is 2.28. The van der Waals surface area contributed by atoms with Crippen molar-refractivity contribution < 1.29 is 5.11 Å². The minimum absolute atomic E-state index is 0.353. The van der Waals surface area contributed by atoms with E-state index in [9.17, 15) is 5.11 Å². The smallest absolute Gasteiger partial charge is 0.0474 e. The molecule has 0 radical (unpaired) electrons. The summed E-state index contributed by atoms with van der Waals surface area (Å²) in [7, 11) is 0. The lowest BCUT2D eigenvalue weighted by Gasteiger charge is -2.27. The van der Waals surface area contributed by atoms with E-state index in [-0.39, 0.29) is 0 Å². The van der Waals surface area contributed by atoms with E-state index >= 15 is 0 Å². The molecule has 4 unspecified atom stereocenters. The molecule has 1 aliphatic heterocycles. The molecule has 0 spiro atoms. The Morgan fingerprint density at radius 1 is 1.17 bits per heavy atom. The van der Waals surface area contributed by atoms with Crippen molar-refractivity contribution in [2.45, 2.75) is 76.4 Å². The first-order valence-corrected chi connectivity index (χ1v) is 7.90. The van der Waals surface area contributed by atoms with E-state index in [1.807, 2.05) is 0 Å². The molecule has 1 saturated heterocycles. The first-order chi connectivity index (χ1) is 8.79. The Bertz CT molecular complexity index is 227. The molecule has 106 valence electrons. The second-order valence-corrected chi connectivity index (χ2v) is 6.28. The molecule has 4 atom stereocenters. The van der Waals surface area contributed by atoms with Gasteiger partial charge in [0.2, 0.25) is 0 Å². The van der Waals surface area contributed by atoms with Crippen molar-refractivity contribution in [2.24, 2.45) is 5.92 Å². The Balaban J connectivity index is 1.71. The molecule has 2 rings (SSSR count). The van der Waals surface area contributed by atoms with E-state index in [2.05, 4.69) is 17.6 Å². The number of hydrogen-bond acceptors (Lipinski definition) is 3. The molecule has 3 nitrogen and oxygen atoms in total. The monoisotopic (exact) mass is 254 g/mol. The van der Waals surface area contributed by atoms with Crippen molar-refractivity contribution in [3.05, 3.63) is 0 Å². The Kier molecular flexibility index (Phi) is 5.93. The minimum atomic E-state index is 0.353. The minimum Gasteiger partial charge on any atom is -0.396 e. The van der Waals surface area contributed by atoms with Gasteiger partial charge in [-0.1, -0.05) is 19.3 Å². The van der Waals surface area contributed by atoms with Crippen molar-refractivity contribution in [1.29, 1.82) is 0 Å². The molecule has 0 aromatic rings. The van der Waals surface area contributed by atoms with Crippen molar-refractivity contribution in [1.82, 2.24) is 10.6 Å². The zero-order chi connectivity index (χ0) is 12.8. The Hall–Kier alpha value is -0.120. The van der Waals surface area contributed by atoms with Gasteiger partial charge in [-0.25, -0.2) is 0 Å². The molecular formula is C15H30N2O. The largest absolute Gasteiger partial charge is 0.396 e. The fourth-order valence-electron chi connectivity index (χ4n) is 3.64. The first-order valence-electron chi connectivity index (χ1n) is 7.90. The second-order valence-electron chi connectivity index (χ2n) is 6.28. The lowest BCUT2D eigenvalue weighted by Crippen LogP contribution is -2.43. The van der Waals surface area contributed by atoms with Crippen LogP contribution in [0.1, 0.15) is 58.3 Å². The van der Waals surface area contributed by atoms with Crippen molar-refractivity contribution in [2.75, 3.05) is 13.2 Å². The van der Waals surface area contributed by atoms with Crippen molar-refractivity contribution in [3.63, 3.8) is 0 Å². The van der Waals surface area contributed by atoms with Gasteiger partial charge >= 0.3 is 0 Å². The Morgan fingerprint density at radius 2 is 2.06 bits per heavy atom. The zero-order valence-electron chi connectivity index (χ0n) is 11.8. The van der Waals surface area contributed by atoms with Gasteiger partial charge in [0.1, 0.15) is 0 Å². The summed E-state index contributed by atoms with van der Waals surface area (Å²) in [5.74, 6) is 0.495. The van der Waals surface area contributed by atoms with Gasteiger partial charge in [0.15, 0.2) is 0 Å². The lowest BCUT2D eigenvalue weighted by atomic mass is 10.00. The van der Waals surface area contributed by atoms with Crippen LogP contribution < -0.4 is 10.6 Å². The van der Waals surface area contributed by atoms with Crippen LogP contribution in [-0.4, -0.2) is 36.4 Å². The SMILES string of the molecule is CC(CC1CCCCCN1)NC1CCCC1CO. The van der Waals surface area contributed by atoms with Gasteiger partial charge in [0.25, 0.3) is 0 Å². The molecule has 2 aliphatic rings. The fourth-order valence-corrected chi connectivity index (χ4v) is 3.64. The van der Waals surface area contributed by atoms with Gasteiger partial charge in [0, 0.05) is 24.7 Å². The van der Waals surface area contributed by atoms with Gasteiger partial charge in [-0.05, 0) is 51.5 Å². The molecule has 0 amide bonds. The summed E-state index contributed by atoms with van der Waals surface area (Å²) >= 11 is 0. The van der Waals surface area contributed by atoms with Crippen molar-refractivity contribution in [3.8, 4) is 0 Å². The van der Waals surface area contributed by atoms with E-state index < -0.39 is 0 Å². The van der Waals surface area contributed by atoms with Crippen LogP contribution in [0, 0.1) is 5.92 Å². The van der Waals surface area contributed by atoms with Crippen LogP contribution in [0.15, 0.2) is 0 Å². The standard InChI is InChI=1S/C15H30N2O/c1-12(10-14-7-3-2-4-9-16-14)17-15-8-5-6-13(15)11-18/h12-18H,2-11H2,1H3. The predicted molar refractivity (Wildman–Crippen MR) is 75.7 cm³/mol. The molecule has 3 heteroatoms. The highest BCUT2D eigenvalue weighted by molar-refractivity contribution is 4.86. The highest BCUT2D eigenvalue weighted by Crippen LogP contribution is 2.26. The number of aliphatic hydroxyl groups excluding tert-OH is 1. The molecule has 0 aromatic heterocycles. The maximum absolute atomic E-state index is 9.36. The molecule has 0 bridgehead atoms. The van der Waals surface area contributed by atoms with Gasteiger partial charge in [-0.3, -0.25) is 0 Å². The number of hydrogen-bond donors (Lipinski definition) is 3. The lowest BCUT2D eigenvalue weighted by molar-refractivity contribution is 0.198. The summed E-state index contributed by atoms with van der Waals surface area (Å²) < 4.78 is 0. The van der Waals surface area contributed by atoms with E-state index in [4.69, 9.17) is 0 Å². The first kappa shape index (κ1) is 14.3. The van der Waals surface area contributed by atoms with Crippen LogP contribution >= 0.6 is 0 Å². The average Bonchev–Trinajstić information content (AvgIpc) is 2.64. The van der Waals surface area contributed by atoms with Crippen LogP contribution in [0.25, 0.3) is 0 Å². The second kappa shape index (κ2) is 7.46. The summed E-state index contributed by atoms with van der Waals surface area (Å²) in [6.45, 7) is 3.85.